The first-order valence-corrected chi connectivity index (χ1v) is 7.98. The van der Waals surface area contributed by atoms with Crippen molar-refractivity contribution in [1.29, 1.82) is 0 Å². The fourth-order valence-corrected chi connectivity index (χ4v) is 4.32. The molecule has 2 aliphatic rings. The molecule has 1 aliphatic heterocycles. The highest BCUT2D eigenvalue weighted by atomic mass is 32.2. The van der Waals surface area contributed by atoms with E-state index in [0.29, 0.717) is 0 Å². The maximum absolute atomic E-state index is 3.55. The van der Waals surface area contributed by atoms with E-state index in [0.717, 1.165) is 23.3 Å². The largest absolute Gasteiger partial charge is 0.314 e. The third kappa shape index (κ3) is 2.57. The summed E-state index contributed by atoms with van der Waals surface area (Å²) in [7, 11) is 2.35. The molecule has 94 valence electrons. The summed E-state index contributed by atoms with van der Waals surface area (Å²) in [6.45, 7) is 4.82. The quantitative estimate of drug-likeness (QED) is 0.817. The Balaban J connectivity index is 1.97. The van der Waals surface area contributed by atoms with Crippen LogP contribution in [0.3, 0.4) is 0 Å². The molecule has 2 nitrogen and oxygen atoms in total. The van der Waals surface area contributed by atoms with Crippen LogP contribution in [0.4, 0.5) is 0 Å². The van der Waals surface area contributed by atoms with Crippen LogP contribution in [0, 0.1) is 5.92 Å². The van der Waals surface area contributed by atoms with Crippen LogP contribution in [0.2, 0.25) is 0 Å². The lowest BCUT2D eigenvalue weighted by atomic mass is 9.84. The lowest BCUT2D eigenvalue weighted by Crippen LogP contribution is -2.49. The Morgan fingerprint density at radius 1 is 1.12 bits per heavy atom. The molecule has 2 rings (SSSR count). The normalized spacial score (nSPS) is 40.5. The topological polar surface area (TPSA) is 15.3 Å². The highest BCUT2D eigenvalue weighted by molar-refractivity contribution is 7.99. The molecular formula is C13H26N2S. The summed E-state index contributed by atoms with van der Waals surface area (Å²) >= 11 is 2.03. The summed E-state index contributed by atoms with van der Waals surface area (Å²) in [5.41, 5.74) is 0. The first-order chi connectivity index (χ1) is 7.74. The fraction of sp³-hybridized carbons (Fsp3) is 1.00. The van der Waals surface area contributed by atoms with E-state index in [1.807, 2.05) is 11.8 Å². The zero-order valence-electron chi connectivity index (χ0n) is 10.9. The number of rotatable bonds is 3. The predicted molar refractivity (Wildman–Crippen MR) is 73.1 cm³/mol. The van der Waals surface area contributed by atoms with Gasteiger partial charge >= 0.3 is 0 Å². The van der Waals surface area contributed by atoms with Crippen molar-refractivity contribution in [3.8, 4) is 0 Å². The minimum atomic E-state index is 0.751. The molecule has 0 aromatic heterocycles. The lowest BCUT2D eigenvalue weighted by molar-refractivity contribution is 0.106. The van der Waals surface area contributed by atoms with Gasteiger partial charge < -0.3 is 5.32 Å². The van der Waals surface area contributed by atoms with Gasteiger partial charge in [-0.2, -0.15) is 11.8 Å². The Bertz CT molecular complexity index is 220. The molecule has 3 heteroatoms. The average molecular weight is 242 g/mol. The molecule has 1 saturated heterocycles. The molecule has 0 amide bonds. The van der Waals surface area contributed by atoms with Gasteiger partial charge in [-0.15, -0.1) is 0 Å². The van der Waals surface area contributed by atoms with Crippen LogP contribution < -0.4 is 5.32 Å². The average Bonchev–Trinajstić information content (AvgIpc) is 2.77. The molecule has 4 unspecified atom stereocenters. The van der Waals surface area contributed by atoms with Gasteiger partial charge in [-0.1, -0.05) is 19.8 Å². The summed E-state index contributed by atoms with van der Waals surface area (Å²) < 4.78 is 0. The van der Waals surface area contributed by atoms with Gasteiger partial charge in [0.1, 0.15) is 0 Å². The molecule has 1 aliphatic carbocycles. The zero-order chi connectivity index (χ0) is 11.5. The van der Waals surface area contributed by atoms with Crippen molar-refractivity contribution in [2.45, 2.75) is 49.9 Å². The third-order valence-electron chi connectivity index (χ3n) is 4.54. The highest BCUT2D eigenvalue weighted by Crippen LogP contribution is 2.31. The second kappa shape index (κ2) is 5.74. The van der Waals surface area contributed by atoms with Crippen LogP contribution >= 0.6 is 11.8 Å². The van der Waals surface area contributed by atoms with E-state index >= 15 is 0 Å². The van der Waals surface area contributed by atoms with Crippen molar-refractivity contribution in [3.05, 3.63) is 0 Å². The number of hydrogen-bond donors (Lipinski definition) is 1. The SMILES string of the molecule is CSC1CNCC1N(C)C1CCCCC1C. The van der Waals surface area contributed by atoms with E-state index < -0.39 is 0 Å². The second-order valence-electron chi connectivity index (χ2n) is 5.49. The van der Waals surface area contributed by atoms with E-state index in [1.165, 1.54) is 38.8 Å². The molecule has 0 aromatic carbocycles. The van der Waals surface area contributed by atoms with Gasteiger partial charge in [-0.3, -0.25) is 4.90 Å². The van der Waals surface area contributed by atoms with E-state index in [9.17, 15) is 0 Å². The van der Waals surface area contributed by atoms with Crippen molar-refractivity contribution in [1.82, 2.24) is 10.2 Å². The summed E-state index contributed by atoms with van der Waals surface area (Å²) in [6, 6.07) is 1.58. The van der Waals surface area contributed by atoms with E-state index in [1.54, 1.807) is 0 Å². The van der Waals surface area contributed by atoms with Crippen molar-refractivity contribution in [3.63, 3.8) is 0 Å². The molecule has 4 atom stereocenters. The first kappa shape index (κ1) is 12.7. The minimum absolute atomic E-state index is 0.751. The van der Waals surface area contributed by atoms with Crippen molar-refractivity contribution in [2.75, 3.05) is 26.4 Å². The van der Waals surface area contributed by atoms with Crippen LogP contribution in [0.15, 0.2) is 0 Å². The summed E-state index contributed by atoms with van der Waals surface area (Å²) in [5, 5.41) is 4.34. The number of likely N-dealkylation sites (N-methyl/N-ethyl adjacent to an activating group) is 1. The van der Waals surface area contributed by atoms with Crippen LogP contribution in [-0.4, -0.2) is 48.6 Å². The Labute approximate surface area is 105 Å². The number of nitrogens with one attached hydrogen (secondary N) is 1. The molecular weight excluding hydrogens is 216 g/mol. The van der Waals surface area contributed by atoms with Crippen LogP contribution in [-0.2, 0) is 0 Å². The van der Waals surface area contributed by atoms with Gasteiger partial charge in [0.05, 0.1) is 0 Å². The molecule has 2 fully saturated rings. The van der Waals surface area contributed by atoms with E-state index in [4.69, 9.17) is 0 Å². The summed E-state index contributed by atoms with van der Waals surface area (Å²) in [5.74, 6) is 0.891. The van der Waals surface area contributed by atoms with Gasteiger partial charge in [-0.25, -0.2) is 0 Å². The minimum Gasteiger partial charge on any atom is -0.314 e. The van der Waals surface area contributed by atoms with Crippen molar-refractivity contribution >= 4 is 11.8 Å². The monoisotopic (exact) mass is 242 g/mol. The Kier molecular flexibility index (Phi) is 4.57. The van der Waals surface area contributed by atoms with Gasteiger partial charge in [-0.05, 0) is 32.1 Å². The van der Waals surface area contributed by atoms with Gasteiger partial charge in [0.2, 0.25) is 0 Å². The number of thioether (sulfide) groups is 1. The molecule has 1 saturated carbocycles. The smallest absolute Gasteiger partial charge is 0.0351 e. The molecule has 0 bridgehead atoms. The van der Waals surface area contributed by atoms with Crippen LogP contribution in [0.25, 0.3) is 0 Å². The highest BCUT2D eigenvalue weighted by Gasteiger charge is 2.35. The van der Waals surface area contributed by atoms with Crippen LogP contribution in [0.5, 0.6) is 0 Å². The Hall–Kier alpha value is 0.270. The van der Waals surface area contributed by atoms with Gasteiger partial charge in [0.15, 0.2) is 0 Å². The van der Waals surface area contributed by atoms with E-state index in [2.05, 4.69) is 30.4 Å². The standard InChI is InChI=1S/C13H26N2S/c1-10-6-4-5-7-11(10)15(2)12-8-14-9-13(12)16-3/h10-14H,4-9H2,1-3H3. The number of hydrogen-bond acceptors (Lipinski definition) is 3. The Morgan fingerprint density at radius 2 is 1.88 bits per heavy atom. The predicted octanol–water partition coefficient (Wildman–Crippen LogP) is 2.20. The summed E-state index contributed by atoms with van der Waals surface area (Å²) in [6.07, 6.45) is 7.97. The van der Waals surface area contributed by atoms with Crippen molar-refractivity contribution < 1.29 is 0 Å². The Morgan fingerprint density at radius 3 is 2.56 bits per heavy atom. The summed E-state index contributed by atoms with van der Waals surface area (Å²) in [4.78, 5) is 2.69. The molecule has 16 heavy (non-hydrogen) atoms. The fourth-order valence-electron chi connectivity index (χ4n) is 3.44. The number of nitrogens with zero attached hydrogens (tertiary/aromatic N) is 1. The molecule has 1 N–H and O–H groups in total. The lowest BCUT2D eigenvalue weighted by Gasteiger charge is -2.41. The zero-order valence-corrected chi connectivity index (χ0v) is 11.7. The molecule has 1 heterocycles. The third-order valence-corrected chi connectivity index (χ3v) is 5.63. The van der Waals surface area contributed by atoms with Crippen molar-refractivity contribution in [2.24, 2.45) is 5.92 Å². The van der Waals surface area contributed by atoms with Gasteiger partial charge in [0, 0.05) is 30.4 Å². The molecule has 0 radical (unpaired) electrons. The second-order valence-corrected chi connectivity index (χ2v) is 6.57. The first-order valence-electron chi connectivity index (χ1n) is 6.69. The van der Waals surface area contributed by atoms with Gasteiger partial charge in [0.25, 0.3) is 0 Å². The molecule has 0 aromatic rings. The molecule has 0 spiro atoms. The van der Waals surface area contributed by atoms with E-state index in [-0.39, 0.29) is 0 Å². The van der Waals surface area contributed by atoms with Crippen LogP contribution in [0.1, 0.15) is 32.6 Å². The maximum Gasteiger partial charge on any atom is 0.0351 e. The maximum atomic E-state index is 3.55.